The Hall–Kier alpha value is -2.22. The Kier molecular flexibility index (Phi) is 2.79. The molecule has 19 heavy (non-hydrogen) atoms. The SMILES string of the molecule is O=C(O)C1CCC(Cn2nc3cnccn3c2=O)O1. The lowest BCUT2D eigenvalue weighted by atomic mass is 10.2. The van der Waals surface area contributed by atoms with Crippen molar-refractivity contribution in [1.29, 1.82) is 0 Å². The molecule has 0 saturated carbocycles. The lowest BCUT2D eigenvalue weighted by Gasteiger charge is -2.09. The Morgan fingerprint density at radius 3 is 3.05 bits per heavy atom. The fourth-order valence-corrected chi connectivity index (χ4v) is 2.21. The van der Waals surface area contributed by atoms with Gasteiger partial charge >= 0.3 is 11.7 Å². The van der Waals surface area contributed by atoms with Gasteiger partial charge in [0.05, 0.1) is 18.8 Å². The molecule has 8 heteroatoms. The molecule has 0 aliphatic carbocycles. The zero-order valence-corrected chi connectivity index (χ0v) is 9.97. The number of fused-ring (bicyclic) bond motifs is 1. The molecule has 0 bridgehead atoms. The number of carboxylic acid groups (broad SMARTS) is 1. The second kappa shape index (κ2) is 4.47. The highest BCUT2D eigenvalue weighted by atomic mass is 16.5. The Balaban J connectivity index is 1.81. The van der Waals surface area contributed by atoms with Gasteiger partial charge in [-0.1, -0.05) is 0 Å². The van der Waals surface area contributed by atoms with Crippen molar-refractivity contribution in [3.8, 4) is 0 Å². The number of ether oxygens (including phenoxy) is 1. The van der Waals surface area contributed by atoms with Gasteiger partial charge in [-0.05, 0) is 12.8 Å². The molecule has 2 unspecified atom stereocenters. The molecule has 1 aliphatic rings. The van der Waals surface area contributed by atoms with Gasteiger partial charge in [0.2, 0.25) is 0 Å². The zero-order chi connectivity index (χ0) is 13.4. The summed E-state index contributed by atoms with van der Waals surface area (Å²) in [5.74, 6) is -0.964. The van der Waals surface area contributed by atoms with Crippen LogP contribution < -0.4 is 5.69 Å². The summed E-state index contributed by atoms with van der Waals surface area (Å²) in [5, 5.41) is 13.0. The Labute approximate surface area is 107 Å². The van der Waals surface area contributed by atoms with Crippen LogP contribution in [-0.4, -0.2) is 42.4 Å². The molecule has 0 aromatic carbocycles. The minimum absolute atomic E-state index is 0.254. The van der Waals surface area contributed by atoms with Gasteiger partial charge < -0.3 is 9.84 Å². The maximum absolute atomic E-state index is 12.0. The predicted octanol–water partition coefficient (Wildman–Crippen LogP) is -0.477. The highest BCUT2D eigenvalue weighted by Gasteiger charge is 2.31. The summed E-state index contributed by atoms with van der Waals surface area (Å²) in [7, 11) is 0. The number of nitrogens with zero attached hydrogens (tertiary/aromatic N) is 4. The van der Waals surface area contributed by atoms with Crippen LogP contribution in [0, 0.1) is 0 Å². The Morgan fingerprint density at radius 1 is 1.53 bits per heavy atom. The van der Waals surface area contributed by atoms with Crippen molar-refractivity contribution >= 4 is 11.6 Å². The van der Waals surface area contributed by atoms with Crippen molar-refractivity contribution in [2.24, 2.45) is 0 Å². The first-order valence-corrected chi connectivity index (χ1v) is 5.92. The molecule has 1 aliphatic heterocycles. The highest BCUT2D eigenvalue weighted by molar-refractivity contribution is 5.72. The van der Waals surface area contributed by atoms with E-state index in [1.807, 2.05) is 0 Å². The molecule has 100 valence electrons. The van der Waals surface area contributed by atoms with Crippen LogP contribution >= 0.6 is 0 Å². The van der Waals surface area contributed by atoms with Gasteiger partial charge in [-0.25, -0.2) is 18.7 Å². The Bertz CT molecular complexity index is 677. The van der Waals surface area contributed by atoms with Crippen LogP contribution in [0.3, 0.4) is 0 Å². The van der Waals surface area contributed by atoms with Crippen molar-refractivity contribution < 1.29 is 14.6 Å². The van der Waals surface area contributed by atoms with E-state index in [1.165, 1.54) is 27.7 Å². The lowest BCUT2D eigenvalue weighted by molar-refractivity contribution is -0.149. The molecule has 2 aromatic rings. The first kappa shape index (κ1) is 11.8. The van der Waals surface area contributed by atoms with E-state index < -0.39 is 12.1 Å². The second-order valence-corrected chi connectivity index (χ2v) is 4.43. The number of aliphatic carboxylic acids is 1. The minimum atomic E-state index is -0.964. The van der Waals surface area contributed by atoms with Gasteiger partial charge in [0.15, 0.2) is 11.8 Å². The van der Waals surface area contributed by atoms with E-state index >= 15 is 0 Å². The standard InChI is InChI=1S/C11H12N4O4/c16-10(17)8-2-1-7(19-8)6-15-11(18)14-4-3-12-5-9(14)13-15/h3-5,7-8H,1-2,6H2,(H,16,17). The summed E-state index contributed by atoms with van der Waals surface area (Å²) in [6.07, 6.45) is 4.53. The van der Waals surface area contributed by atoms with Crippen LogP contribution in [-0.2, 0) is 16.1 Å². The van der Waals surface area contributed by atoms with Gasteiger partial charge in [0, 0.05) is 12.4 Å². The largest absolute Gasteiger partial charge is 0.479 e. The van der Waals surface area contributed by atoms with E-state index in [0.29, 0.717) is 18.5 Å². The van der Waals surface area contributed by atoms with Crippen LogP contribution in [0.25, 0.3) is 5.65 Å². The third-order valence-electron chi connectivity index (χ3n) is 3.15. The van der Waals surface area contributed by atoms with Crippen LogP contribution in [0.2, 0.25) is 0 Å². The molecular weight excluding hydrogens is 252 g/mol. The lowest BCUT2D eigenvalue weighted by Crippen LogP contribution is -2.28. The maximum Gasteiger partial charge on any atom is 0.350 e. The van der Waals surface area contributed by atoms with Gasteiger partial charge in [-0.2, -0.15) is 0 Å². The maximum atomic E-state index is 12.0. The van der Waals surface area contributed by atoms with Crippen LogP contribution in [0.4, 0.5) is 0 Å². The molecule has 1 N–H and O–H groups in total. The number of carbonyl (C=O) groups is 1. The number of hydrogen-bond donors (Lipinski definition) is 1. The van der Waals surface area contributed by atoms with E-state index in [-0.39, 0.29) is 18.3 Å². The molecule has 0 radical (unpaired) electrons. The van der Waals surface area contributed by atoms with Crippen LogP contribution in [0.15, 0.2) is 23.4 Å². The van der Waals surface area contributed by atoms with Gasteiger partial charge in [-0.3, -0.25) is 4.98 Å². The van der Waals surface area contributed by atoms with Gasteiger partial charge in [0.1, 0.15) is 0 Å². The Morgan fingerprint density at radius 2 is 2.37 bits per heavy atom. The fourth-order valence-electron chi connectivity index (χ4n) is 2.21. The third kappa shape index (κ3) is 2.10. The average molecular weight is 264 g/mol. The van der Waals surface area contributed by atoms with Crippen LogP contribution in [0.1, 0.15) is 12.8 Å². The molecule has 0 amide bonds. The minimum Gasteiger partial charge on any atom is -0.479 e. The first-order chi connectivity index (χ1) is 9.15. The van der Waals surface area contributed by atoms with Crippen molar-refractivity contribution in [2.75, 3.05) is 0 Å². The van der Waals surface area contributed by atoms with Crippen molar-refractivity contribution in [3.63, 3.8) is 0 Å². The quantitative estimate of drug-likeness (QED) is 0.804. The van der Waals surface area contributed by atoms with E-state index in [1.54, 1.807) is 0 Å². The fraction of sp³-hybridized carbons (Fsp3) is 0.455. The number of rotatable bonds is 3. The van der Waals surface area contributed by atoms with E-state index in [0.717, 1.165) is 0 Å². The summed E-state index contributed by atoms with van der Waals surface area (Å²) in [5.41, 5.74) is 0.181. The predicted molar refractivity (Wildman–Crippen MR) is 62.8 cm³/mol. The molecule has 2 aromatic heterocycles. The van der Waals surface area contributed by atoms with E-state index in [2.05, 4.69) is 10.1 Å². The zero-order valence-electron chi connectivity index (χ0n) is 9.97. The molecule has 3 heterocycles. The molecule has 1 fully saturated rings. The normalized spacial score (nSPS) is 22.9. The summed E-state index contributed by atoms with van der Waals surface area (Å²) >= 11 is 0. The molecular formula is C11H12N4O4. The summed E-state index contributed by atoms with van der Waals surface area (Å²) in [4.78, 5) is 26.7. The van der Waals surface area contributed by atoms with Crippen molar-refractivity contribution in [3.05, 3.63) is 29.1 Å². The smallest absolute Gasteiger partial charge is 0.350 e. The molecule has 8 nitrogen and oxygen atoms in total. The monoisotopic (exact) mass is 264 g/mol. The average Bonchev–Trinajstić information content (AvgIpc) is 2.97. The highest BCUT2D eigenvalue weighted by Crippen LogP contribution is 2.20. The molecule has 3 rings (SSSR count). The summed E-state index contributed by atoms with van der Waals surface area (Å²) in [6.45, 7) is 0.254. The second-order valence-electron chi connectivity index (χ2n) is 4.43. The van der Waals surface area contributed by atoms with Gasteiger partial charge in [-0.15, -0.1) is 5.10 Å². The topological polar surface area (TPSA) is 98.7 Å². The first-order valence-electron chi connectivity index (χ1n) is 5.92. The van der Waals surface area contributed by atoms with Gasteiger partial charge in [0.25, 0.3) is 0 Å². The van der Waals surface area contributed by atoms with E-state index in [4.69, 9.17) is 9.84 Å². The number of aromatic nitrogens is 4. The summed E-state index contributed by atoms with van der Waals surface area (Å²) < 4.78 is 8.02. The van der Waals surface area contributed by atoms with Crippen LogP contribution in [0.5, 0.6) is 0 Å². The molecule has 1 saturated heterocycles. The van der Waals surface area contributed by atoms with Crippen molar-refractivity contribution in [1.82, 2.24) is 19.2 Å². The third-order valence-corrected chi connectivity index (χ3v) is 3.15. The molecule has 2 atom stereocenters. The van der Waals surface area contributed by atoms with E-state index in [9.17, 15) is 9.59 Å². The molecule has 0 spiro atoms. The number of hydrogen-bond acceptors (Lipinski definition) is 5. The number of carboxylic acids is 1. The summed E-state index contributed by atoms with van der Waals surface area (Å²) in [6, 6.07) is 0. The van der Waals surface area contributed by atoms with Crippen molar-refractivity contribution in [2.45, 2.75) is 31.6 Å².